The van der Waals surface area contributed by atoms with Gasteiger partial charge in [-0.1, -0.05) is 12.1 Å². The molecule has 0 bridgehead atoms. The highest BCUT2D eigenvalue weighted by Crippen LogP contribution is 2.30. The second-order valence-electron chi connectivity index (χ2n) is 4.06. The van der Waals surface area contributed by atoms with Crippen LogP contribution in [-0.2, 0) is 0 Å². The maximum atomic E-state index is 5.88. The third-order valence-corrected chi connectivity index (χ3v) is 2.99. The van der Waals surface area contributed by atoms with E-state index in [2.05, 4.69) is 10.1 Å². The zero-order valence-electron chi connectivity index (χ0n) is 9.45. The van der Waals surface area contributed by atoms with Crippen molar-refractivity contribution in [2.24, 2.45) is 0 Å². The van der Waals surface area contributed by atoms with Gasteiger partial charge in [0.15, 0.2) is 5.58 Å². The van der Waals surface area contributed by atoms with Crippen molar-refractivity contribution in [3.8, 4) is 5.69 Å². The highest BCUT2D eigenvalue weighted by molar-refractivity contribution is 6.04. The SMILES string of the molecule is c1ccc2c(c1)oc1c(-n3cccn3)ccnc12. The molecule has 4 aromatic rings. The van der Waals surface area contributed by atoms with E-state index in [1.807, 2.05) is 42.6 Å². The molecule has 4 heteroatoms. The van der Waals surface area contributed by atoms with Crippen LogP contribution in [0.5, 0.6) is 0 Å². The summed E-state index contributed by atoms with van der Waals surface area (Å²) in [5.74, 6) is 0. The van der Waals surface area contributed by atoms with Crippen LogP contribution in [0.1, 0.15) is 0 Å². The third-order valence-electron chi connectivity index (χ3n) is 2.99. The number of nitrogens with zero attached hydrogens (tertiary/aromatic N) is 3. The van der Waals surface area contributed by atoms with Gasteiger partial charge in [-0.25, -0.2) is 4.68 Å². The van der Waals surface area contributed by atoms with Gasteiger partial charge in [-0.15, -0.1) is 0 Å². The van der Waals surface area contributed by atoms with Crippen molar-refractivity contribution in [3.63, 3.8) is 0 Å². The molecule has 0 N–H and O–H groups in total. The molecule has 0 unspecified atom stereocenters. The van der Waals surface area contributed by atoms with E-state index in [0.29, 0.717) is 0 Å². The molecule has 4 nitrogen and oxygen atoms in total. The summed E-state index contributed by atoms with van der Waals surface area (Å²) in [7, 11) is 0. The number of pyridine rings is 1. The molecule has 0 spiro atoms. The topological polar surface area (TPSA) is 43.9 Å². The van der Waals surface area contributed by atoms with E-state index in [0.717, 1.165) is 27.8 Å². The minimum absolute atomic E-state index is 0.766. The van der Waals surface area contributed by atoms with Gasteiger partial charge < -0.3 is 4.42 Å². The van der Waals surface area contributed by atoms with Crippen molar-refractivity contribution in [3.05, 3.63) is 55.0 Å². The summed E-state index contributed by atoms with van der Waals surface area (Å²) in [4.78, 5) is 4.41. The first kappa shape index (κ1) is 9.41. The monoisotopic (exact) mass is 235 g/mol. The Morgan fingerprint density at radius 2 is 1.94 bits per heavy atom. The van der Waals surface area contributed by atoms with E-state index in [4.69, 9.17) is 4.42 Å². The van der Waals surface area contributed by atoms with Crippen molar-refractivity contribution in [1.82, 2.24) is 14.8 Å². The van der Waals surface area contributed by atoms with Gasteiger partial charge in [-0.2, -0.15) is 5.10 Å². The van der Waals surface area contributed by atoms with Crippen LogP contribution in [0, 0.1) is 0 Å². The normalized spacial score (nSPS) is 11.3. The van der Waals surface area contributed by atoms with E-state index >= 15 is 0 Å². The van der Waals surface area contributed by atoms with Crippen molar-refractivity contribution in [2.45, 2.75) is 0 Å². The van der Waals surface area contributed by atoms with E-state index in [-0.39, 0.29) is 0 Å². The number of benzene rings is 1. The summed E-state index contributed by atoms with van der Waals surface area (Å²) in [6.07, 6.45) is 5.41. The molecule has 0 radical (unpaired) electrons. The Balaban J connectivity index is 2.17. The summed E-state index contributed by atoms with van der Waals surface area (Å²) in [5.41, 5.74) is 3.39. The molecule has 0 aliphatic rings. The predicted octanol–water partition coefficient (Wildman–Crippen LogP) is 3.17. The molecule has 0 aliphatic carbocycles. The molecule has 86 valence electrons. The van der Waals surface area contributed by atoms with E-state index in [1.165, 1.54) is 0 Å². The zero-order valence-corrected chi connectivity index (χ0v) is 9.45. The Hall–Kier alpha value is -2.62. The molecule has 0 saturated heterocycles. The number of fused-ring (bicyclic) bond motifs is 3. The van der Waals surface area contributed by atoms with E-state index < -0.39 is 0 Å². The lowest BCUT2D eigenvalue weighted by atomic mass is 10.2. The molecule has 1 aromatic carbocycles. The number of aromatic nitrogens is 3. The minimum atomic E-state index is 0.766. The highest BCUT2D eigenvalue weighted by Gasteiger charge is 2.12. The molecular formula is C14H9N3O. The smallest absolute Gasteiger partial charge is 0.179 e. The van der Waals surface area contributed by atoms with Crippen molar-refractivity contribution in [2.75, 3.05) is 0 Å². The standard InChI is InChI=1S/C14H9N3O/c1-2-5-12-10(4-1)13-14(18-12)11(6-8-15-13)17-9-3-7-16-17/h1-9H. The van der Waals surface area contributed by atoms with Crippen LogP contribution in [0.2, 0.25) is 0 Å². The first-order chi connectivity index (χ1) is 8.93. The quantitative estimate of drug-likeness (QED) is 0.509. The number of furan rings is 1. The van der Waals surface area contributed by atoms with Gasteiger partial charge in [0.25, 0.3) is 0 Å². The van der Waals surface area contributed by atoms with Crippen LogP contribution in [0.4, 0.5) is 0 Å². The minimum Gasteiger partial charge on any atom is -0.452 e. The number of rotatable bonds is 1. The lowest BCUT2D eigenvalue weighted by Crippen LogP contribution is -1.94. The van der Waals surface area contributed by atoms with Gasteiger partial charge in [-0.05, 0) is 24.3 Å². The first-order valence-electron chi connectivity index (χ1n) is 5.70. The van der Waals surface area contributed by atoms with Gasteiger partial charge in [-0.3, -0.25) is 4.98 Å². The summed E-state index contributed by atoms with van der Waals surface area (Å²) in [5, 5.41) is 5.26. The molecular weight excluding hydrogens is 226 g/mol. The maximum Gasteiger partial charge on any atom is 0.179 e. The Labute approximate surface area is 102 Å². The molecule has 0 fully saturated rings. The van der Waals surface area contributed by atoms with Crippen LogP contribution >= 0.6 is 0 Å². The van der Waals surface area contributed by atoms with Crippen LogP contribution in [0.3, 0.4) is 0 Å². The second-order valence-corrected chi connectivity index (χ2v) is 4.06. The highest BCUT2D eigenvalue weighted by atomic mass is 16.3. The Morgan fingerprint density at radius 3 is 2.83 bits per heavy atom. The molecule has 4 rings (SSSR count). The predicted molar refractivity (Wildman–Crippen MR) is 68.6 cm³/mol. The summed E-state index contributed by atoms with van der Waals surface area (Å²) in [6, 6.07) is 11.7. The average molecular weight is 235 g/mol. The molecule has 0 aliphatic heterocycles. The largest absolute Gasteiger partial charge is 0.452 e. The fourth-order valence-corrected chi connectivity index (χ4v) is 2.18. The van der Waals surface area contributed by atoms with Gasteiger partial charge in [0, 0.05) is 24.0 Å². The summed E-state index contributed by atoms with van der Waals surface area (Å²) in [6.45, 7) is 0. The number of para-hydroxylation sites is 1. The fourth-order valence-electron chi connectivity index (χ4n) is 2.18. The van der Waals surface area contributed by atoms with Crippen molar-refractivity contribution in [1.29, 1.82) is 0 Å². The summed E-state index contributed by atoms with van der Waals surface area (Å²) >= 11 is 0. The Kier molecular flexibility index (Phi) is 1.80. The van der Waals surface area contributed by atoms with Gasteiger partial charge in [0.2, 0.25) is 0 Å². The zero-order chi connectivity index (χ0) is 11.9. The van der Waals surface area contributed by atoms with E-state index in [1.54, 1.807) is 17.1 Å². The first-order valence-corrected chi connectivity index (χ1v) is 5.70. The van der Waals surface area contributed by atoms with Crippen molar-refractivity contribution < 1.29 is 4.42 Å². The van der Waals surface area contributed by atoms with Crippen LogP contribution < -0.4 is 0 Å². The van der Waals surface area contributed by atoms with Crippen LogP contribution in [0.25, 0.3) is 27.8 Å². The number of hydrogen-bond donors (Lipinski definition) is 0. The third kappa shape index (κ3) is 1.20. The average Bonchev–Trinajstić information content (AvgIpc) is 3.05. The van der Waals surface area contributed by atoms with Crippen molar-refractivity contribution >= 4 is 22.1 Å². The van der Waals surface area contributed by atoms with Crippen LogP contribution in [0.15, 0.2) is 59.4 Å². The summed E-state index contributed by atoms with van der Waals surface area (Å²) < 4.78 is 7.67. The lowest BCUT2D eigenvalue weighted by molar-refractivity contribution is 0.661. The molecule has 3 heterocycles. The molecule has 0 atom stereocenters. The fraction of sp³-hybridized carbons (Fsp3) is 0. The molecule has 0 saturated carbocycles. The van der Waals surface area contributed by atoms with Gasteiger partial charge in [0.05, 0.1) is 0 Å². The molecule has 3 aromatic heterocycles. The van der Waals surface area contributed by atoms with E-state index in [9.17, 15) is 0 Å². The number of hydrogen-bond acceptors (Lipinski definition) is 3. The second kappa shape index (κ2) is 3.43. The van der Waals surface area contributed by atoms with Crippen LogP contribution in [-0.4, -0.2) is 14.8 Å². The Bertz CT molecular complexity index is 831. The molecule has 18 heavy (non-hydrogen) atoms. The lowest BCUT2D eigenvalue weighted by Gasteiger charge is -2.00. The maximum absolute atomic E-state index is 5.88. The molecule has 0 amide bonds. The van der Waals surface area contributed by atoms with Gasteiger partial charge >= 0.3 is 0 Å². The Morgan fingerprint density at radius 1 is 1.00 bits per heavy atom. The van der Waals surface area contributed by atoms with Gasteiger partial charge in [0.1, 0.15) is 16.8 Å².